The highest BCUT2D eigenvalue weighted by molar-refractivity contribution is 5.72. The van der Waals surface area contributed by atoms with Crippen LogP contribution < -0.4 is 0 Å². The first kappa shape index (κ1) is 17.5. The van der Waals surface area contributed by atoms with Gasteiger partial charge in [-0.1, -0.05) is 53.7 Å². The van der Waals surface area contributed by atoms with Crippen molar-refractivity contribution < 1.29 is 20.1 Å². The Labute approximate surface area is 126 Å². The molecule has 1 unspecified atom stereocenters. The quantitative estimate of drug-likeness (QED) is 0.801. The molecule has 0 aromatic heterocycles. The van der Waals surface area contributed by atoms with Crippen molar-refractivity contribution in [2.24, 2.45) is 0 Å². The highest BCUT2D eigenvalue weighted by Crippen LogP contribution is 2.38. The molecule has 0 aliphatic rings. The number of hydrogen-bond donors (Lipinski definition) is 3. The second kappa shape index (κ2) is 5.68. The van der Waals surface area contributed by atoms with E-state index in [0.717, 1.165) is 11.1 Å². The minimum atomic E-state index is -1.51. The Hall–Kier alpha value is -1.55. The van der Waals surface area contributed by atoms with E-state index in [1.807, 2.05) is 26.8 Å². The lowest BCUT2D eigenvalue weighted by molar-refractivity contribution is -0.146. The van der Waals surface area contributed by atoms with Crippen molar-refractivity contribution in [3.63, 3.8) is 0 Å². The standard InChI is InChI=1S/C17H26O4/c1-16(2,3)11-7-10(8-13(18)15(20)21)14(19)12(9-11)17(4,5)6/h7,9,13,18-19H,8H2,1-6H3,(H,20,21). The van der Waals surface area contributed by atoms with Crippen molar-refractivity contribution in [2.75, 3.05) is 0 Å². The number of hydrogen-bond acceptors (Lipinski definition) is 3. The summed E-state index contributed by atoms with van der Waals surface area (Å²) < 4.78 is 0. The zero-order valence-electron chi connectivity index (χ0n) is 13.7. The molecule has 4 heteroatoms. The van der Waals surface area contributed by atoms with Gasteiger partial charge in [-0.15, -0.1) is 0 Å². The van der Waals surface area contributed by atoms with Gasteiger partial charge in [0.05, 0.1) is 0 Å². The molecule has 0 saturated heterocycles. The van der Waals surface area contributed by atoms with E-state index < -0.39 is 12.1 Å². The van der Waals surface area contributed by atoms with E-state index in [9.17, 15) is 15.0 Å². The minimum absolute atomic E-state index is 0.0794. The fourth-order valence-corrected chi connectivity index (χ4v) is 2.15. The average Bonchev–Trinajstić information content (AvgIpc) is 2.28. The topological polar surface area (TPSA) is 77.8 Å². The van der Waals surface area contributed by atoms with Gasteiger partial charge in [0, 0.05) is 6.42 Å². The molecule has 0 aliphatic heterocycles. The van der Waals surface area contributed by atoms with E-state index in [0.29, 0.717) is 5.56 Å². The van der Waals surface area contributed by atoms with Gasteiger partial charge < -0.3 is 15.3 Å². The predicted molar refractivity (Wildman–Crippen MR) is 82.9 cm³/mol. The predicted octanol–water partition coefficient (Wildman–Crippen LogP) is 2.98. The summed E-state index contributed by atoms with van der Waals surface area (Å²) in [5.74, 6) is -1.20. The Bertz CT molecular complexity index is 533. The van der Waals surface area contributed by atoms with E-state index in [1.54, 1.807) is 6.07 Å². The Balaban J connectivity index is 3.45. The second-order valence-corrected chi connectivity index (χ2v) is 7.59. The molecule has 118 valence electrons. The Kier molecular flexibility index (Phi) is 4.73. The molecule has 0 saturated carbocycles. The van der Waals surface area contributed by atoms with E-state index >= 15 is 0 Å². The van der Waals surface area contributed by atoms with Gasteiger partial charge in [-0.3, -0.25) is 0 Å². The van der Waals surface area contributed by atoms with Crippen LogP contribution >= 0.6 is 0 Å². The fraction of sp³-hybridized carbons (Fsp3) is 0.588. The lowest BCUT2D eigenvalue weighted by atomic mass is 9.78. The largest absolute Gasteiger partial charge is 0.507 e. The summed E-state index contributed by atoms with van der Waals surface area (Å²) >= 11 is 0. The van der Waals surface area contributed by atoms with Gasteiger partial charge in [0.2, 0.25) is 0 Å². The van der Waals surface area contributed by atoms with Gasteiger partial charge >= 0.3 is 5.97 Å². The summed E-state index contributed by atoms with van der Waals surface area (Å²) in [6.45, 7) is 12.2. The molecule has 0 bridgehead atoms. The zero-order valence-corrected chi connectivity index (χ0v) is 13.7. The molecule has 21 heavy (non-hydrogen) atoms. The molecule has 1 rings (SSSR count). The van der Waals surface area contributed by atoms with Crippen LogP contribution in [0.25, 0.3) is 0 Å². The van der Waals surface area contributed by atoms with Crippen molar-refractivity contribution in [3.8, 4) is 5.75 Å². The fourth-order valence-electron chi connectivity index (χ4n) is 2.15. The van der Waals surface area contributed by atoms with Crippen LogP contribution in [0.5, 0.6) is 5.75 Å². The van der Waals surface area contributed by atoms with Crippen molar-refractivity contribution in [1.29, 1.82) is 0 Å². The third kappa shape index (κ3) is 4.21. The van der Waals surface area contributed by atoms with E-state index in [4.69, 9.17) is 5.11 Å². The number of benzene rings is 1. The first-order valence-corrected chi connectivity index (χ1v) is 7.11. The van der Waals surface area contributed by atoms with E-state index in [-0.39, 0.29) is 23.0 Å². The van der Waals surface area contributed by atoms with Crippen LogP contribution in [0, 0.1) is 0 Å². The highest BCUT2D eigenvalue weighted by atomic mass is 16.4. The number of carboxylic acid groups (broad SMARTS) is 1. The number of carbonyl (C=O) groups is 1. The number of aliphatic hydroxyl groups is 1. The van der Waals surface area contributed by atoms with Crippen LogP contribution in [0.15, 0.2) is 12.1 Å². The van der Waals surface area contributed by atoms with Gasteiger partial charge in [-0.2, -0.15) is 0 Å². The maximum Gasteiger partial charge on any atom is 0.332 e. The monoisotopic (exact) mass is 294 g/mol. The van der Waals surface area contributed by atoms with E-state index in [1.165, 1.54) is 0 Å². The lowest BCUT2D eigenvalue weighted by Gasteiger charge is -2.27. The highest BCUT2D eigenvalue weighted by Gasteiger charge is 2.26. The Morgan fingerprint density at radius 2 is 1.62 bits per heavy atom. The number of phenols is 1. The molecule has 0 amide bonds. The van der Waals surface area contributed by atoms with Crippen molar-refractivity contribution in [2.45, 2.75) is 64.9 Å². The average molecular weight is 294 g/mol. The number of rotatable bonds is 3. The number of aromatic hydroxyl groups is 1. The molecule has 4 nitrogen and oxygen atoms in total. The maximum atomic E-state index is 10.8. The first-order valence-electron chi connectivity index (χ1n) is 7.11. The number of carboxylic acids is 1. The van der Waals surface area contributed by atoms with Gasteiger partial charge in [-0.05, 0) is 27.5 Å². The second-order valence-electron chi connectivity index (χ2n) is 7.59. The minimum Gasteiger partial charge on any atom is -0.507 e. The number of aliphatic carboxylic acids is 1. The Morgan fingerprint density at radius 3 is 2.00 bits per heavy atom. The molecular formula is C17H26O4. The summed E-state index contributed by atoms with van der Waals surface area (Å²) in [5, 5.41) is 28.9. The summed E-state index contributed by atoms with van der Waals surface area (Å²) in [7, 11) is 0. The SMILES string of the molecule is CC(C)(C)c1cc(CC(O)C(=O)O)c(O)c(C(C)(C)C)c1. The summed E-state index contributed by atoms with van der Waals surface area (Å²) in [4.78, 5) is 10.8. The van der Waals surface area contributed by atoms with Crippen LogP contribution in [-0.4, -0.2) is 27.4 Å². The molecule has 1 aromatic rings. The van der Waals surface area contributed by atoms with Crippen molar-refractivity contribution in [1.82, 2.24) is 0 Å². The van der Waals surface area contributed by atoms with Gasteiger partial charge in [-0.25, -0.2) is 4.79 Å². The number of phenolic OH excluding ortho intramolecular Hbond substituents is 1. The third-order valence-electron chi connectivity index (χ3n) is 3.56. The van der Waals surface area contributed by atoms with Crippen LogP contribution in [0.4, 0.5) is 0 Å². The third-order valence-corrected chi connectivity index (χ3v) is 3.56. The maximum absolute atomic E-state index is 10.8. The van der Waals surface area contributed by atoms with Gasteiger partial charge in [0.15, 0.2) is 6.10 Å². The smallest absolute Gasteiger partial charge is 0.332 e. The molecule has 0 spiro atoms. The van der Waals surface area contributed by atoms with Crippen LogP contribution in [0.2, 0.25) is 0 Å². The lowest BCUT2D eigenvalue weighted by Crippen LogP contribution is -2.23. The van der Waals surface area contributed by atoms with Crippen molar-refractivity contribution in [3.05, 3.63) is 28.8 Å². The number of aliphatic hydroxyl groups excluding tert-OH is 1. The molecular weight excluding hydrogens is 268 g/mol. The molecule has 3 N–H and O–H groups in total. The summed E-state index contributed by atoms with van der Waals surface area (Å²) in [6.07, 6.45) is -1.62. The van der Waals surface area contributed by atoms with Crippen molar-refractivity contribution >= 4 is 5.97 Å². The van der Waals surface area contributed by atoms with Gasteiger partial charge in [0.1, 0.15) is 5.75 Å². The van der Waals surface area contributed by atoms with Crippen LogP contribution in [0.3, 0.4) is 0 Å². The Morgan fingerprint density at radius 1 is 1.10 bits per heavy atom. The van der Waals surface area contributed by atoms with E-state index in [2.05, 4.69) is 20.8 Å². The van der Waals surface area contributed by atoms with Crippen LogP contribution in [0.1, 0.15) is 58.2 Å². The summed E-state index contributed by atoms with van der Waals surface area (Å²) in [5.41, 5.74) is 1.85. The first-order chi connectivity index (χ1) is 9.34. The zero-order chi connectivity index (χ0) is 16.6. The molecule has 0 radical (unpaired) electrons. The molecule has 0 heterocycles. The molecule has 0 aliphatic carbocycles. The van der Waals surface area contributed by atoms with Gasteiger partial charge in [0.25, 0.3) is 0 Å². The molecule has 1 aromatic carbocycles. The molecule has 0 fully saturated rings. The van der Waals surface area contributed by atoms with Crippen LogP contribution in [-0.2, 0) is 22.0 Å². The normalized spacial score (nSPS) is 14.0. The summed E-state index contributed by atoms with van der Waals surface area (Å²) in [6, 6.07) is 3.75. The molecule has 1 atom stereocenters.